The van der Waals surface area contributed by atoms with E-state index in [9.17, 15) is 4.79 Å². The normalized spacial score (nSPS) is 10.4. The van der Waals surface area contributed by atoms with Crippen molar-refractivity contribution in [3.8, 4) is 17.2 Å². The Morgan fingerprint density at radius 1 is 1.00 bits per heavy atom. The molecule has 0 heterocycles. The number of methoxy groups -OCH3 is 3. The van der Waals surface area contributed by atoms with Gasteiger partial charge in [-0.2, -0.15) is 5.10 Å². The molecule has 23 heavy (non-hydrogen) atoms. The minimum atomic E-state index is -0.343. The van der Waals surface area contributed by atoms with Crippen LogP contribution in [0.1, 0.15) is 15.9 Å². The zero-order valence-corrected chi connectivity index (χ0v) is 13.2. The molecule has 0 bridgehead atoms. The maximum atomic E-state index is 12.1. The van der Waals surface area contributed by atoms with E-state index in [1.54, 1.807) is 31.5 Å². The number of hydrogen-bond donors (Lipinski definition) is 1. The summed E-state index contributed by atoms with van der Waals surface area (Å²) in [4.78, 5) is 12.1. The summed E-state index contributed by atoms with van der Waals surface area (Å²) < 4.78 is 15.4. The number of carbonyl (C=O) groups excluding carboxylic acids is 1. The van der Waals surface area contributed by atoms with Crippen molar-refractivity contribution in [2.75, 3.05) is 21.3 Å². The van der Waals surface area contributed by atoms with Crippen LogP contribution < -0.4 is 19.6 Å². The molecule has 120 valence electrons. The molecular weight excluding hydrogens is 296 g/mol. The van der Waals surface area contributed by atoms with Crippen molar-refractivity contribution in [3.05, 3.63) is 53.6 Å². The van der Waals surface area contributed by atoms with E-state index in [1.165, 1.54) is 14.2 Å². The summed E-state index contributed by atoms with van der Waals surface area (Å²) in [5, 5.41) is 3.94. The molecule has 0 aliphatic rings. The number of nitrogens with zero attached hydrogens (tertiary/aromatic N) is 1. The Kier molecular flexibility index (Phi) is 5.57. The second kappa shape index (κ2) is 7.84. The zero-order chi connectivity index (χ0) is 16.7. The molecule has 0 saturated carbocycles. The lowest BCUT2D eigenvalue weighted by Crippen LogP contribution is -2.17. The molecule has 2 aromatic rings. The Balaban J connectivity index is 2.05. The summed E-state index contributed by atoms with van der Waals surface area (Å²) in [5.41, 5.74) is 3.71. The highest BCUT2D eigenvalue weighted by Crippen LogP contribution is 2.27. The molecule has 0 aromatic heterocycles. The maximum absolute atomic E-state index is 12.1. The molecule has 6 heteroatoms. The average Bonchev–Trinajstić information content (AvgIpc) is 2.61. The third kappa shape index (κ3) is 4.23. The number of nitrogens with one attached hydrogen (secondary N) is 1. The van der Waals surface area contributed by atoms with Gasteiger partial charge in [-0.05, 0) is 35.9 Å². The smallest absolute Gasteiger partial charge is 0.271 e. The van der Waals surface area contributed by atoms with Crippen LogP contribution in [0.15, 0.2) is 47.6 Å². The molecule has 0 radical (unpaired) electrons. The zero-order valence-electron chi connectivity index (χ0n) is 13.2. The Bertz CT molecular complexity index is 713. The fourth-order valence-corrected chi connectivity index (χ4v) is 1.93. The van der Waals surface area contributed by atoms with Crippen LogP contribution in [-0.2, 0) is 0 Å². The van der Waals surface area contributed by atoms with Crippen molar-refractivity contribution in [2.24, 2.45) is 5.10 Å². The first-order chi connectivity index (χ1) is 11.2. The Hall–Kier alpha value is -3.02. The van der Waals surface area contributed by atoms with Crippen LogP contribution in [0.2, 0.25) is 0 Å². The Morgan fingerprint density at radius 3 is 2.48 bits per heavy atom. The first-order valence-electron chi connectivity index (χ1n) is 6.87. The summed E-state index contributed by atoms with van der Waals surface area (Å²) in [6.07, 6.45) is 1.54. The van der Waals surface area contributed by atoms with Gasteiger partial charge in [0.15, 0.2) is 11.5 Å². The number of benzene rings is 2. The summed E-state index contributed by atoms with van der Waals surface area (Å²) in [6.45, 7) is 0. The van der Waals surface area contributed by atoms with Crippen molar-refractivity contribution in [3.63, 3.8) is 0 Å². The van der Waals surface area contributed by atoms with Crippen molar-refractivity contribution in [1.29, 1.82) is 0 Å². The van der Waals surface area contributed by atoms with Crippen LogP contribution in [0.4, 0.5) is 0 Å². The summed E-state index contributed by atoms with van der Waals surface area (Å²) in [6, 6.07) is 12.2. The lowest BCUT2D eigenvalue weighted by atomic mass is 10.2. The largest absolute Gasteiger partial charge is 0.497 e. The Morgan fingerprint density at radius 2 is 1.78 bits per heavy atom. The highest BCUT2D eigenvalue weighted by molar-refractivity contribution is 5.95. The van der Waals surface area contributed by atoms with Gasteiger partial charge in [-0.3, -0.25) is 4.79 Å². The lowest BCUT2D eigenvalue weighted by molar-refractivity contribution is 0.0954. The molecular formula is C17H18N2O4. The van der Waals surface area contributed by atoms with E-state index in [2.05, 4.69) is 10.5 Å². The van der Waals surface area contributed by atoms with Crippen LogP contribution in [0, 0.1) is 0 Å². The fraction of sp³-hybridized carbons (Fsp3) is 0.176. The van der Waals surface area contributed by atoms with E-state index in [0.29, 0.717) is 17.1 Å². The number of amides is 1. The van der Waals surface area contributed by atoms with Gasteiger partial charge in [0.1, 0.15) is 5.75 Å². The minimum Gasteiger partial charge on any atom is -0.497 e. The predicted molar refractivity (Wildman–Crippen MR) is 87.6 cm³/mol. The fourth-order valence-electron chi connectivity index (χ4n) is 1.93. The average molecular weight is 314 g/mol. The van der Waals surface area contributed by atoms with Crippen LogP contribution in [0.3, 0.4) is 0 Å². The standard InChI is InChI=1S/C17H18N2O4/c1-21-14-6-4-5-12(9-14)11-18-19-17(20)13-7-8-15(22-2)16(10-13)23-3/h4-11H,1-3H3,(H,19,20)/b18-11-. The Labute approximate surface area is 134 Å². The molecule has 0 aliphatic carbocycles. The van der Waals surface area contributed by atoms with E-state index in [1.807, 2.05) is 24.3 Å². The number of hydrogen-bond acceptors (Lipinski definition) is 5. The van der Waals surface area contributed by atoms with Gasteiger partial charge in [-0.25, -0.2) is 5.43 Å². The molecule has 1 N–H and O–H groups in total. The maximum Gasteiger partial charge on any atom is 0.271 e. The molecule has 0 unspecified atom stereocenters. The second-order valence-corrected chi connectivity index (χ2v) is 4.55. The van der Waals surface area contributed by atoms with Crippen molar-refractivity contribution < 1.29 is 19.0 Å². The van der Waals surface area contributed by atoms with E-state index in [4.69, 9.17) is 14.2 Å². The third-order valence-electron chi connectivity index (χ3n) is 3.12. The second-order valence-electron chi connectivity index (χ2n) is 4.55. The molecule has 2 rings (SSSR count). The molecule has 0 fully saturated rings. The quantitative estimate of drug-likeness (QED) is 0.657. The van der Waals surface area contributed by atoms with Gasteiger partial charge < -0.3 is 14.2 Å². The van der Waals surface area contributed by atoms with Crippen LogP contribution in [0.5, 0.6) is 17.2 Å². The van der Waals surface area contributed by atoms with Gasteiger partial charge in [-0.1, -0.05) is 12.1 Å². The minimum absolute atomic E-state index is 0.343. The lowest BCUT2D eigenvalue weighted by Gasteiger charge is -2.08. The van der Waals surface area contributed by atoms with Gasteiger partial charge in [0.25, 0.3) is 5.91 Å². The summed E-state index contributed by atoms with van der Waals surface area (Å²) in [7, 11) is 4.64. The topological polar surface area (TPSA) is 69.2 Å². The van der Waals surface area contributed by atoms with Crippen molar-refractivity contribution in [2.45, 2.75) is 0 Å². The van der Waals surface area contributed by atoms with E-state index < -0.39 is 0 Å². The molecule has 6 nitrogen and oxygen atoms in total. The molecule has 2 aromatic carbocycles. The van der Waals surface area contributed by atoms with Crippen molar-refractivity contribution >= 4 is 12.1 Å². The first kappa shape index (κ1) is 16.4. The van der Waals surface area contributed by atoms with Gasteiger partial charge in [0, 0.05) is 5.56 Å². The van der Waals surface area contributed by atoms with E-state index in [-0.39, 0.29) is 5.91 Å². The molecule has 0 aliphatic heterocycles. The van der Waals surface area contributed by atoms with Crippen LogP contribution in [0.25, 0.3) is 0 Å². The number of hydrazone groups is 1. The highest BCUT2D eigenvalue weighted by atomic mass is 16.5. The van der Waals surface area contributed by atoms with Crippen LogP contribution in [-0.4, -0.2) is 33.5 Å². The van der Waals surface area contributed by atoms with Crippen molar-refractivity contribution in [1.82, 2.24) is 5.43 Å². The number of ether oxygens (including phenoxy) is 3. The number of carbonyl (C=O) groups is 1. The molecule has 1 amide bonds. The van der Waals surface area contributed by atoms with Gasteiger partial charge >= 0.3 is 0 Å². The first-order valence-corrected chi connectivity index (χ1v) is 6.87. The summed E-state index contributed by atoms with van der Waals surface area (Å²) in [5.74, 6) is 1.42. The molecule has 0 saturated heterocycles. The van der Waals surface area contributed by atoms with Gasteiger partial charge in [-0.15, -0.1) is 0 Å². The van der Waals surface area contributed by atoms with E-state index in [0.717, 1.165) is 11.3 Å². The van der Waals surface area contributed by atoms with Gasteiger partial charge in [0.2, 0.25) is 0 Å². The predicted octanol–water partition coefficient (Wildman–Crippen LogP) is 2.48. The monoisotopic (exact) mass is 314 g/mol. The van der Waals surface area contributed by atoms with E-state index >= 15 is 0 Å². The highest BCUT2D eigenvalue weighted by Gasteiger charge is 2.09. The number of rotatable bonds is 6. The van der Waals surface area contributed by atoms with Gasteiger partial charge in [0.05, 0.1) is 27.5 Å². The third-order valence-corrected chi connectivity index (χ3v) is 3.12. The van der Waals surface area contributed by atoms with Crippen LogP contribution >= 0.6 is 0 Å². The summed E-state index contributed by atoms with van der Waals surface area (Å²) >= 11 is 0. The molecule has 0 spiro atoms. The SMILES string of the molecule is COc1cccc(/C=N\NC(=O)c2ccc(OC)c(OC)c2)c1. The molecule has 0 atom stereocenters.